The number of amides is 1. The number of nitrogens with zero attached hydrogens (tertiary/aromatic N) is 2. The van der Waals surface area contributed by atoms with Crippen molar-refractivity contribution in [2.75, 3.05) is 12.3 Å². The van der Waals surface area contributed by atoms with Crippen LogP contribution in [-0.4, -0.2) is 33.4 Å². The summed E-state index contributed by atoms with van der Waals surface area (Å²) in [6.07, 6.45) is 0. The van der Waals surface area contributed by atoms with E-state index in [0.717, 1.165) is 11.3 Å². The molecular weight excluding hydrogens is 224 g/mol. The van der Waals surface area contributed by atoms with Gasteiger partial charge in [0.25, 0.3) is 5.91 Å². The molecule has 1 aromatic carbocycles. The first-order valence-corrected chi connectivity index (χ1v) is 5.98. The lowest BCUT2D eigenvalue weighted by Gasteiger charge is -2.26. The lowest BCUT2D eigenvalue weighted by Crippen LogP contribution is -2.40. The number of benzene rings is 1. The number of rotatable bonds is 2. The molecule has 2 rings (SSSR count). The van der Waals surface area contributed by atoms with Crippen LogP contribution in [-0.2, 0) is 11.3 Å². The van der Waals surface area contributed by atoms with Gasteiger partial charge in [0.1, 0.15) is 0 Å². The van der Waals surface area contributed by atoms with Gasteiger partial charge in [-0.25, -0.2) is 0 Å². The summed E-state index contributed by atoms with van der Waals surface area (Å²) in [5.41, 5.74) is 1.08. The second-order valence-corrected chi connectivity index (χ2v) is 4.55. The van der Waals surface area contributed by atoms with Gasteiger partial charge in [-0.1, -0.05) is 47.2 Å². The summed E-state index contributed by atoms with van der Waals surface area (Å²) in [5.74, 6) is 0.584. The summed E-state index contributed by atoms with van der Waals surface area (Å²) in [6, 6.07) is 9.78. The maximum absolute atomic E-state index is 11.8. The molecule has 0 bridgehead atoms. The predicted octanol–water partition coefficient (Wildman–Crippen LogP) is 1.55. The molecule has 1 fully saturated rings. The van der Waals surface area contributed by atoms with Crippen molar-refractivity contribution in [1.29, 1.82) is 0 Å². The van der Waals surface area contributed by atoms with E-state index < -0.39 is 0 Å². The van der Waals surface area contributed by atoms with Crippen LogP contribution < -0.4 is 0 Å². The molecule has 0 saturated carbocycles. The van der Waals surface area contributed by atoms with Gasteiger partial charge in [0.05, 0.1) is 0 Å². The molecule has 16 heavy (non-hydrogen) atoms. The van der Waals surface area contributed by atoms with E-state index in [9.17, 15) is 4.79 Å². The second kappa shape index (κ2) is 5.03. The topological polar surface area (TPSA) is 52.9 Å². The molecule has 0 aromatic heterocycles. The fraction of sp³-hybridized carbons (Fsp3) is 0.273. The molecule has 5 heteroatoms. The van der Waals surface area contributed by atoms with Gasteiger partial charge in [-0.3, -0.25) is 4.79 Å². The Morgan fingerprint density at radius 2 is 2.12 bits per heavy atom. The van der Waals surface area contributed by atoms with Crippen LogP contribution in [0.2, 0.25) is 0 Å². The smallest absolute Gasteiger partial charge is 0.282 e. The van der Waals surface area contributed by atoms with E-state index in [-0.39, 0.29) is 11.0 Å². The fourth-order valence-corrected chi connectivity index (χ4v) is 2.39. The van der Waals surface area contributed by atoms with Gasteiger partial charge in [-0.2, -0.15) is 0 Å². The molecule has 4 nitrogen and oxygen atoms in total. The highest BCUT2D eigenvalue weighted by atomic mass is 32.2. The monoisotopic (exact) mass is 236 g/mol. The Bertz CT molecular complexity index is 406. The Kier molecular flexibility index (Phi) is 3.46. The molecule has 84 valence electrons. The summed E-state index contributed by atoms with van der Waals surface area (Å²) < 4.78 is 0. The molecular formula is C11H12N2O2S. The molecule has 0 spiro atoms. The molecule has 1 amide bonds. The standard InChI is InChI=1S/C11H12N2O2S/c14-11-10(12-15)16-7-6-13(11)8-9-4-2-1-3-5-9/h1-5,15H,6-8H2. The Balaban J connectivity index is 2.08. The zero-order valence-corrected chi connectivity index (χ0v) is 9.48. The van der Waals surface area contributed by atoms with Crippen LogP contribution in [0.15, 0.2) is 35.5 Å². The first-order valence-electron chi connectivity index (χ1n) is 4.99. The summed E-state index contributed by atoms with van der Waals surface area (Å²) >= 11 is 1.29. The minimum Gasteiger partial charge on any atom is -0.410 e. The van der Waals surface area contributed by atoms with Gasteiger partial charge in [0.2, 0.25) is 5.04 Å². The summed E-state index contributed by atoms with van der Waals surface area (Å²) in [5, 5.41) is 11.9. The SMILES string of the molecule is O=C1C(=NO)SCCN1Cc1ccccc1. The predicted molar refractivity (Wildman–Crippen MR) is 63.5 cm³/mol. The molecule has 1 saturated heterocycles. The molecule has 0 atom stereocenters. The Hall–Kier alpha value is -1.49. The molecule has 1 aliphatic heterocycles. The normalized spacial score (nSPS) is 19.1. The van der Waals surface area contributed by atoms with Crippen molar-refractivity contribution >= 4 is 22.7 Å². The van der Waals surface area contributed by atoms with Gasteiger partial charge in [0.15, 0.2) is 0 Å². The minimum absolute atomic E-state index is 0.183. The van der Waals surface area contributed by atoms with Gasteiger partial charge >= 0.3 is 0 Å². The summed E-state index contributed by atoms with van der Waals surface area (Å²) in [7, 11) is 0. The number of thioether (sulfide) groups is 1. The van der Waals surface area contributed by atoms with Crippen LogP contribution in [0.5, 0.6) is 0 Å². The molecule has 1 heterocycles. The van der Waals surface area contributed by atoms with Gasteiger partial charge in [-0.15, -0.1) is 0 Å². The zero-order valence-electron chi connectivity index (χ0n) is 8.67. The average Bonchev–Trinajstić information content (AvgIpc) is 2.33. The van der Waals surface area contributed by atoms with E-state index in [2.05, 4.69) is 5.16 Å². The third-order valence-corrected chi connectivity index (χ3v) is 3.29. The zero-order chi connectivity index (χ0) is 11.4. The van der Waals surface area contributed by atoms with Crippen molar-refractivity contribution < 1.29 is 10.0 Å². The van der Waals surface area contributed by atoms with Crippen molar-refractivity contribution in [1.82, 2.24) is 4.90 Å². The van der Waals surface area contributed by atoms with Crippen LogP contribution >= 0.6 is 11.8 Å². The Morgan fingerprint density at radius 3 is 2.81 bits per heavy atom. The summed E-state index contributed by atoms with van der Waals surface area (Å²) in [4.78, 5) is 13.5. The fourth-order valence-electron chi connectivity index (χ4n) is 1.58. The van der Waals surface area contributed by atoms with Crippen molar-refractivity contribution in [3.8, 4) is 0 Å². The molecule has 0 radical (unpaired) electrons. The van der Waals surface area contributed by atoms with E-state index in [1.807, 2.05) is 30.3 Å². The third kappa shape index (κ3) is 2.36. The number of oxime groups is 1. The molecule has 0 unspecified atom stereocenters. The van der Waals surface area contributed by atoms with E-state index in [1.165, 1.54) is 11.8 Å². The Labute approximate surface area is 97.9 Å². The second-order valence-electron chi connectivity index (χ2n) is 3.47. The van der Waals surface area contributed by atoms with Crippen LogP contribution in [0.1, 0.15) is 5.56 Å². The largest absolute Gasteiger partial charge is 0.410 e. The van der Waals surface area contributed by atoms with Gasteiger partial charge in [-0.05, 0) is 5.56 Å². The van der Waals surface area contributed by atoms with Gasteiger partial charge in [0, 0.05) is 18.8 Å². The van der Waals surface area contributed by atoms with E-state index in [0.29, 0.717) is 13.1 Å². The molecule has 0 aliphatic carbocycles. The first-order chi connectivity index (χ1) is 7.81. The molecule has 1 N–H and O–H groups in total. The van der Waals surface area contributed by atoms with E-state index in [1.54, 1.807) is 4.90 Å². The van der Waals surface area contributed by atoms with Crippen LogP contribution in [0, 0.1) is 0 Å². The number of hydrogen-bond acceptors (Lipinski definition) is 4. The molecule has 1 aromatic rings. The van der Waals surface area contributed by atoms with Crippen molar-refractivity contribution in [2.45, 2.75) is 6.54 Å². The maximum Gasteiger partial charge on any atom is 0.282 e. The lowest BCUT2D eigenvalue weighted by molar-refractivity contribution is -0.124. The number of carbonyl (C=O) groups is 1. The van der Waals surface area contributed by atoms with Crippen molar-refractivity contribution in [2.24, 2.45) is 5.16 Å². The summed E-state index contributed by atoms with van der Waals surface area (Å²) in [6.45, 7) is 1.26. The molecule has 1 aliphatic rings. The van der Waals surface area contributed by atoms with Crippen molar-refractivity contribution in [3.05, 3.63) is 35.9 Å². The maximum atomic E-state index is 11.8. The van der Waals surface area contributed by atoms with E-state index in [4.69, 9.17) is 5.21 Å². The van der Waals surface area contributed by atoms with Gasteiger partial charge < -0.3 is 10.1 Å². The lowest BCUT2D eigenvalue weighted by atomic mass is 10.2. The third-order valence-electron chi connectivity index (χ3n) is 2.38. The van der Waals surface area contributed by atoms with Crippen LogP contribution in [0.25, 0.3) is 0 Å². The minimum atomic E-state index is -0.192. The number of hydrogen-bond donors (Lipinski definition) is 1. The highest BCUT2D eigenvalue weighted by Gasteiger charge is 2.25. The average molecular weight is 236 g/mol. The quantitative estimate of drug-likeness (QED) is 0.626. The first kappa shape index (κ1) is 11.0. The highest BCUT2D eigenvalue weighted by molar-refractivity contribution is 8.15. The number of carbonyl (C=O) groups excluding carboxylic acids is 1. The highest BCUT2D eigenvalue weighted by Crippen LogP contribution is 2.16. The van der Waals surface area contributed by atoms with Crippen molar-refractivity contribution in [3.63, 3.8) is 0 Å². The van der Waals surface area contributed by atoms with Crippen LogP contribution in [0.4, 0.5) is 0 Å². The Morgan fingerprint density at radius 1 is 1.38 bits per heavy atom. The van der Waals surface area contributed by atoms with E-state index >= 15 is 0 Å². The van der Waals surface area contributed by atoms with Crippen LogP contribution in [0.3, 0.4) is 0 Å².